The van der Waals surface area contributed by atoms with Gasteiger partial charge in [0.1, 0.15) is 0 Å². The molecule has 0 spiro atoms. The number of unbranched alkanes of at least 4 members (excludes halogenated alkanes) is 1. The maximum Gasteiger partial charge on any atom is 0.192 e. The van der Waals surface area contributed by atoms with Crippen molar-refractivity contribution in [2.45, 2.75) is 33.6 Å². The molecule has 5 nitrogen and oxygen atoms in total. The molecule has 0 atom stereocenters. The summed E-state index contributed by atoms with van der Waals surface area (Å²) in [5.41, 5.74) is 2.79. The van der Waals surface area contributed by atoms with Gasteiger partial charge in [0.05, 0.1) is 0 Å². The molecule has 0 saturated carbocycles. The van der Waals surface area contributed by atoms with Crippen molar-refractivity contribution >= 4 is 23.1 Å². The number of imidazole rings is 1. The highest BCUT2D eigenvalue weighted by Crippen LogP contribution is 2.25. The zero-order valence-electron chi connectivity index (χ0n) is 14.0. The molecule has 2 aromatic heterocycles. The zero-order valence-corrected chi connectivity index (χ0v) is 14.7. The van der Waals surface area contributed by atoms with Gasteiger partial charge in [-0.1, -0.05) is 38.3 Å². The molecule has 1 aromatic carbocycles. The first-order chi connectivity index (χ1) is 11.1. The van der Waals surface area contributed by atoms with Gasteiger partial charge in [0.25, 0.3) is 0 Å². The lowest BCUT2D eigenvalue weighted by atomic mass is 10.1. The number of anilines is 1. The second-order valence-electron chi connectivity index (χ2n) is 5.20. The average molecular weight is 332 g/mol. The van der Waals surface area contributed by atoms with Gasteiger partial charge in [0, 0.05) is 30.0 Å². The summed E-state index contributed by atoms with van der Waals surface area (Å²) >= 11 is 5.98. The lowest BCUT2D eigenvalue weighted by molar-refractivity contribution is 0.886. The van der Waals surface area contributed by atoms with Crippen molar-refractivity contribution in [3.63, 3.8) is 0 Å². The highest BCUT2D eigenvalue weighted by molar-refractivity contribution is 6.30. The minimum Gasteiger partial charge on any atom is -0.369 e. The normalized spacial score (nSPS) is 10.3. The van der Waals surface area contributed by atoms with Crippen LogP contribution in [0, 0.1) is 6.92 Å². The summed E-state index contributed by atoms with van der Waals surface area (Å²) in [5.74, 6) is 1.40. The Kier molecular flexibility index (Phi) is 5.93. The van der Waals surface area contributed by atoms with Gasteiger partial charge in [-0.2, -0.15) is 0 Å². The smallest absolute Gasteiger partial charge is 0.192 e. The third kappa shape index (κ3) is 3.79. The van der Waals surface area contributed by atoms with Gasteiger partial charge in [0.15, 0.2) is 17.3 Å². The van der Waals surface area contributed by atoms with E-state index in [0.29, 0.717) is 10.8 Å². The van der Waals surface area contributed by atoms with Crippen molar-refractivity contribution in [2.75, 3.05) is 12.4 Å². The van der Waals surface area contributed by atoms with Gasteiger partial charge in [-0.3, -0.25) is 4.40 Å². The summed E-state index contributed by atoms with van der Waals surface area (Å²) in [7, 11) is 1.80. The second kappa shape index (κ2) is 7.92. The fourth-order valence-electron chi connectivity index (χ4n) is 2.06. The Morgan fingerprint density at radius 3 is 2.52 bits per heavy atom. The first-order valence-corrected chi connectivity index (χ1v) is 8.14. The molecule has 0 bridgehead atoms. The van der Waals surface area contributed by atoms with Gasteiger partial charge in [-0.25, -0.2) is 4.98 Å². The quantitative estimate of drug-likeness (QED) is 0.762. The van der Waals surface area contributed by atoms with E-state index in [1.54, 1.807) is 13.2 Å². The number of nitrogens with zero attached hydrogens (tertiary/aromatic N) is 4. The van der Waals surface area contributed by atoms with E-state index in [9.17, 15) is 0 Å². The topological polar surface area (TPSA) is 55.1 Å². The lowest BCUT2D eigenvalue weighted by Crippen LogP contribution is -2.04. The van der Waals surface area contributed by atoms with Gasteiger partial charge in [0.2, 0.25) is 0 Å². The summed E-state index contributed by atoms with van der Waals surface area (Å²) in [6, 6.07) is 5.70. The molecule has 0 aliphatic carbocycles. The first kappa shape index (κ1) is 17.2. The number of rotatable bonds is 3. The maximum atomic E-state index is 5.98. The summed E-state index contributed by atoms with van der Waals surface area (Å²) < 4.78 is 1.91. The number of aryl methyl sites for hydroxylation is 1. The Labute approximate surface area is 141 Å². The van der Waals surface area contributed by atoms with Crippen LogP contribution in [0.15, 0.2) is 30.6 Å². The van der Waals surface area contributed by atoms with Crippen LogP contribution in [0.3, 0.4) is 0 Å². The van der Waals surface area contributed by atoms with E-state index in [2.05, 4.69) is 34.3 Å². The zero-order chi connectivity index (χ0) is 16.8. The number of hydrogen-bond acceptors (Lipinski definition) is 4. The van der Waals surface area contributed by atoms with Crippen molar-refractivity contribution in [2.24, 2.45) is 0 Å². The highest BCUT2D eigenvalue weighted by Gasteiger charge is 2.12. The standard InChI is InChI=1S/C13H12ClN5.C4H10/c1-8-7-9(14)3-4-10(8)12-18-17-11(15-2)13-16-5-6-19(12)13;1-3-4-2/h3-7H,1-2H3,(H,15,17);3-4H2,1-2H3. The Morgan fingerprint density at radius 1 is 1.17 bits per heavy atom. The number of nitrogens with one attached hydrogen (secondary N) is 1. The average Bonchev–Trinajstić information content (AvgIpc) is 3.04. The molecule has 0 aliphatic heterocycles. The van der Waals surface area contributed by atoms with E-state index in [1.165, 1.54) is 12.8 Å². The van der Waals surface area contributed by atoms with Crippen molar-refractivity contribution in [1.82, 2.24) is 19.6 Å². The highest BCUT2D eigenvalue weighted by atomic mass is 35.5. The molecule has 0 radical (unpaired) electrons. The molecule has 122 valence electrons. The fraction of sp³-hybridized carbons (Fsp3) is 0.353. The summed E-state index contributed by atoms with van der Waals surface area (Å²) in [4.78, 5) is 4.29. The van der Waals surface area contributed by atoms with Gasteiger partial charge >= 0.3 is 0 Å². The first-order valence-electron chi connectivity index (χ1n) is 7.76. The van der Waals surface area contributed by atoms with Gasteiger partial charge in [-0.05, 0) is 30.7 Å². The van der Waals surface area contributed by atoms with Crippen LogP contribution in [0.4, 0.5) is 5.82 Å². The van der Waals surface area contributed by atoms with Crippen LogP contribution in [0.1, 0.15) is 32.3 Å². The molecule has 0 fully saturated rings. The monoisotopic (exact) mass is 331 g/mol. The molecule has 23 heavy (non-hydrogen) atoms. The van der Waals surface area contributed by atoms with E-state index in [0.717, 1.165) is 22.6 Å². The minimum absolute atomic E-state index is 0.653. The van der Waals surface area contributed by atoms with Crippen LogP contribution in [0.25, 0.3) is 17.0 Å². The number of halogens is 1. The molecule has 1 N–H and O–H groups in total. The molecular weight excluding hydrogens is 310 g/mol. The van der Waals surface area contributed by atoms with Crippen molar-refractivity contribution < 1.29 is 0 Å². The predicted molar refractivity (Wildman–Crippen MR) is 96.1 cm³/mol. The molecule has 0 unspecified atom stereocenters. The third-order valence-corrected chi connectivity index (χ3v) is 3.73. The molecule has 3 aromatic rings. The largest absolute Gasteiger partial charge is 0.369 e. The fourth-order valence-corrected chi connectivity index (χ4v) is 2.29. The van der Waals surface area contributed by atoms with Crippen LogP contribution in [-0.2, 0) is 0 Å². The van der Waals surface area contributed by atoms with Gasteiger partial charge in [-0.15, -0.1) is 10.2 Å². The molecule has 0 saturated heterocycles. The van der Waals surface area contributed by atoms with Gasteiger partial charge < -0.3 is 5.32 Å². The third-order valence-electron chi connectivity index (χ3n) is 3.49. The minimum atomic E-state index is 0.653. The number of benzene rings is 1. The molecule has 2 heterocycles. The Balaban J connectivity index is 0.000000433. The molecule has 0 amide bonds. The van der Waals surface area contributed by atoms with Crippen LogP contribution in [0.2, 0.25) is 5.02 Å². The van der Waals surface area contributed by atoms with Crippen LogP contribution < -0.4 is 5.32 Å². The van der Waals surface area contributed by atoms with E-state index in [1.807, 2.05) is 35.7 Å². The van der Waals surface area contributed by atoms with Crippen molar-refractivity contribution in [3.05, 3.63) is 41.2 Å². The van der Waals surface area contributed by atoms with Crippen LogP contribution in [0.5, 0.6) is 0 Å². The molecular formula is C17H22ClN5. The van der Waals surface area contributed by atoms with Crippen LogP contribution >= 0.6 is 11.6 Å². The number of aromatic nitrogens is 4. The Hall–Kier alpha value is -2.14. The molecule has 0 aliphatic rings. The lowest BCUT2D eigenvalue weighted by Gasteiger charge is -2.09. The summed E-state index contributed by atoms with van der Waals surface area (Å²) in [6.45, 7) is 6.36. The Morgan fingerprint density at radius 2 is 1.91 bits per heavy atom. The molecule has 3 rings (SSSR count). The maximum absolute atomic E-state index is 5.98. The van der Waals surface area contributed by atoms with E-state index >= 15 is 0 Å². The van der Waals surface area contributed by atoms with Crippen molar-refractivity contribution in [1.29, 1.82) is 0 Å². The van der Waals surface area contributed by atoms with Crippen LogP contribution in [-0.4, -0.2) is 26.6 Å². The predicted octanol–water partition coefficient (Wildman–Crippen LogP) is 4.60. The summed E-state index contributed by atoms with van der Waals surface area (Å²) in [5, 5.41) is 12.1. The number of fused-ring (bicyclic) bond motifs is 1. The van der Waals surface area contributed by atoms with E-state index < -0.39 is 0 Å². The van der Waals surface area contributed by atoms with E-state index in [4.69, 9.17) is 11.6 Å². The Bertz CT molecular complexity index is 780. The van der Waals surface area contributed by atoms with E-state index in [-0.39, 0.29) is 0 Å². The SMILES string of the molecule is CCCC.CNc1nnc(-c2ccc(Cl)cc2C)n2ccnc12. The summed E-state index contributed by atoms with van der Waals surface area (Å²) in [6.07, 6.45) is 6.24. The second-order valence-corrected chi connectivity index (χ2v) is 5.64. The number of hydrogen-bond donors (Lipinski definition) is 1. The van der Waals surface area contributed by atoms with Crippen molar-refractivity contribution in [3.8, 4) is 11.4 Å². The molecule has 6 heteroatoms.